The molecule has 1 aliphatic heterocycles. The molecule has 1 atom stereocenters. The van der Waals surface area contributed by atoms with Crippen molar-refractivity contribution in [1.29, 1.82) is 0 Å². The van der Waals surface area contributed by atoms with Crippen LogP contribution < -0.4 is 10.5 Å². The number of ether oxygens (including phenoxy) is 1. The summed E-state index contributed by atoms with van der Waals surface area (Å²) < 4.78 is 18.8. The van der Waals surface area contributed by atoms with Crippen molar-refractivity contribution in [3.8, 4) is 5.75 Å². The van der Waals surface area contributed by atoms with E-state index in [0.29, 0.717) is 15.9 Å². The second-order valence-electron chi connectivity index (χ2n) is 2.72. The summed E-state index contributed by atoms with van der Waals surface area (Å²) in [6, 6.07) is 2.96. The van der Waals surface area contributed by atoms with Gasteiger partial charge in [0, 0.05) is 5.56 Å². The predicted molar refractivity (Wildman–Crippen MR) is 51.5 cm³/mol. The van der Waals surface area contributed by atoms with Gasteiger partial charge in [0.1, 0.15) is 18.2 Å². The van der Waals surface area contributed by atoms with Gasteiger partial charge < -0.3 is 10.5 Å². The van der Waals surface area contributed by atoms with Crippen molar-refractivity contribution in [2.75, 3.05) is 6.61 Å². The standard InChI is InChI=1S/C8H7FINO/c9-5-1-4-7(11)3-12-8(4)2-6(5)10/h1-2,7H,3,11H2. The molecule has 12 heavy (non-hydrogen) atoms. The zero-order valence-electron chi connectivity index (χ0n) is 6.18. The molecule has 0 saturated carbocycles. The summed E-state index contributed by atoms with van der Waals surface area (Å²) >= 11 is 1.93. The molecule has 1 unspecified atom stereocenters. The number of nitrogens with two attached hydrogens (primary N) is 1. The second-order valence-corrected chi connectivity index (χ2v) is 3.88. The highest BCUT2D eigenvalue weighted by Crippen LogP contribution is 2.33. The van der Waals surface area contributed by atoms with Gasteiger partial charge in [-0.15, -0.1) is 0 Å². The molecular weight excluding hydrogens is 272 g/mol. The van der Waals surface area contributed by atoms with Gasteiger partial charge in [-0.05, 0) is 34.7 Å². The van der Waals surface area contributed by atoms with E-state index in [1.165, 1.54) is 6.07 Å². The highest BCUT2D eigenvalue weighted by molar-refractivity contribution is 14.1. The normalized spacial score (nSPS) is 20.4. The molecule has 1 aliphatic rings. The summed E-state index contributed by atoms with van der Waals surface area (Å²) in [5, 5.41) is 0. The monoisotopic (exact) mass is 279 g/mol. The molecule has 2 rings (SSSR count). The van der Waals surface area contributed by atoms with Crippen molar-refractivity contribution in [2.24, 2.45) is 5.73 Å². The highest BCUT2D eigenvalue weighted by Gasteiger charge is 2.22. The van der Waals surface area contributed by atoms with Gasteiger partial charge in [0.15, 0.2) is 0 Å². The minimum absolute atomic E-state index is 0.175. The average molecular weight is 279 g/mol. The summed E-state index contributed by atoms with van der Waals surface area (Å²) in [6.45, 7) is 0.453. The lowest BCUT2D eigenvalue weighted by Crippen LogP contribution is -2.10. The summed E-state index contributed by atoms with van der Waals surface area (Å²) in [6.07, 6.45) is 0. The Balaban J connectivity index is 2.56. The zero-order chi connectivity index (χ0) is 8.72. The first-order valence-corrected chi connectivity index (χ1v) is 4.63. The number of hydrogen-bond donors (Lipinski definition) is 1. The third kappa shape index (κ3) is 1.19. The van der Waals surface area contributed by atoms with Crippen molar-refractivity contribution >= 4 is 22.6 Å². The molecule has 0 fully saturated rings. The first-order valence-electron chi connectivity index (χ1n) is 3.56. The molecule has 2 nitrogen and oxygen atoms in total. The molecular formula is C8H7FINO. The fourth-order valence-electron chi connectivity index (χ4n) is 1.23. The molecule has 1 aromatic carbocycles. The molecule has 4 heteroatoms. The fourth-order valence-corrected chi connectivity index (χ4v) is 1.67. The maximum Gasteiger partial charge on any atom is 0.137 e. The van der Waals surface area contributed by atoms with Crippen LogP contribution in [0.3, 0.4) is 0 Å². The van der Waals surface area contributed by atoms with Gasteiger partial charge in [0.05, 0.1) is 9.61 Å². The van der Waals surface area contributed by atoms with Gasteiger partial charge in [-0.1, -0.05) is 0 Å². The van der Waals surface area contributed by atoms with Crippen LogP contribution in [0, 0.1) is 9.39 Å². The van der Waals surface area contributed by atoms with Gasteiger partial charge >= 0.3 is 0 Å². The number of halogens is 2. The highest BCUT2D eigenvalue weighted by atomic mass is 127. The number of rotatable bonds is 0. The van der Waals surface area contributed by atoms with Crippen molar-refractivity contribution < 1.29 is 9.13 Å². The van der Waals surface area contributed by atoms with Gasteiger partial charge in [-0.2, -0.15) is 0 Å². The number of fused-ring (bicyclic) bond motifs is 1. The Morgan fingerprint density at radius 3 is 3.08 bits per heavy atom. The smallest absolute Gasteiger partial charge is 0.137 e. The minimum Gasteiger partial charge on any atom is -0.491 e. The van der Waals surface area contributed by atoms with E-state index in [9.17, 15) is 4.39 Å². The third-order valence-electron chi connectivity index (χ3n) is 1.87. The van der Waals surface area contributed by atoms with Crippen molar-refractivity contribution in [3.05, 3.63) is 27.1 Å². The SMILES string of the molecule is NC1COc2cc(I)c(F)cc21. The predicted octanol–water partition coefficient (Wildman–Crippen LogP) is 1.82. The van der Waals surface area contributed by atoms with Crippen molar-refractivity contribution in [1.82, 2.24) is 0 Å². The minimum atomic E-state index is -0.227. The van der Waals surface area contributed by atoms with Crippen LogP contribution in [0.4, 0.5) is 4.39 Å². The summed E-state index contributed by atoms with van der Waals surface area (Å²) in [5.41, 5.74) is 6.44. The molecule has 2 N–H and O–H groups in total. The Kier molecular flexibility index (Phi) is 1.96. The Labute approximate surface area is 83.0 Å². The lowest BCUT2D eigenvalue weighted by molar-refractivity contribution is 0.333. The molecule has 1 heterocycles. The van der Waals surface area contributed by atoms with E-state index in [1.54, 1.807) is 6.07 Å². The van der Waals surface area contributed by atoms with Crippen LogP contribution in [-0.2, 0) is 0 Å². The maximum atomic E-state index is 13.0. The van der Waals surface area contributed by atoms with Crippen LogP contribution >= 0.6 is 22.6 Å². The maximum absolute atomic E-state index is 13.0. The molecule has 0 bridgehead atoms. The Morgan fingerprint density at radius 1 is 1.58 bits per heavy atom. The van der Waals surface area contributed by atoms with Gasteiger partial charge in [-0.3, -0.25) is 0 Å². The Morgan fingerprint density at radius 2 is 2.33 bits per heavy atom. The lowest BCUT2D eigenvalue weighted by atomic mass is 10.1. The van der Waals surface area contributed by atoms with E-state index in [2.05, 4.69) is 0 Å². The second kappa shape index (κ2) is 2.85. The Bertz CT molecular complexity index is 329. The van der Waals surface area contributed by atoms with E-state index in [4.69, 9.17) is 10.5 Å². The largest absolute Gasteiger partial charge is 0.491 e. The van der Waals surface area contributed by atoms with Gasteiger partial charge in [0.25, 0.3) is 0 Å². The topological polar surface area (TPSA) is 35.2 Å². The summed E-state index contributed by atoms with van der Waals surface area (Å²) in [4.78, 5) is 0. The molecule has 0 aliphatic carbocycles. The van der Waals surface area contributed by atoms with Crippen molar-refractivity contribution in [2.45, 2.75) is 6.04 Å². The zero-order valence-corrected chi connectivity index (χ0v) is 8.34. The molecule has 0 amide bonds. The molecule has 0 aromatic heterocycles. The van der Waals surface area contributed by atoms with E-state index in [-0.39, 0.29) is 11.9 Å². The van der Waals surface area contributed by atoms with Crippen LogP contribution in [-0.4, -0.2) is 6.61 Å². The first kappa shape index (κ1) is 8.25. The molecule has 0 saturated heterocycles. The molecule has 0 spiro atoms. The van der Waals surface area contributed by atoms with E-state index < -0.39 is 0 Å². The van der Waals surface area contributed by atoms with Crippen LogP contribution in [0.15, 0.2) is 12.1 Å². The summed E-state index contributed by atoms with van der Waals surface area (Å²) in [7, 11) is 0. The lowest BCUT2D eigenvalue weighted by Gasteiger charge is -2.01. The van der Waals surface area contributed by atoms with Crippen LogP contribution in [0.1, 0.15) is 11.6 Å². The van der Waals surface area contributed by atoms with Crippen LogP contribution in [0.2, 0.25) is 0 Å². The first-order chi connectivity index (χ1) is 5.68. The summed E-state index contributed by atoms with van der Waals surface area (Å²) in [5.74, 6) is 0.489. The number of benzene rings is 1. The number of hydrogen-bond acceptors (Lipinski definition) is 2. The fraction of sp³-hybridized carbons (Fsp3) is 0.250. The van der Waals surface area contributed by atoms with E-state index in [1.807, 2.05) is 22.6 Å². The molecule has 0 radical (unpaired) electrons. The van der Waals surface area contributed by atoms with Crippen LogP contribution in [0.25, 0.3) is 0 Å². The van der Waals surface area contributed by atoms with Gasteiger partial charge in [-0.25, -0.2) is 4.39 Å². The van der Waals surface area contributed by atoms with Crippen molar-refractivity contribution in [3.63, 3.8) is 0 Å². The van der Waals surface area contributed by atoms with E-state index in [0.717, 1.165) is 5.56 Å². The Hall–Kier alpha value is -0.360. The molecule has 1 aromatic rings. The third-order valence-corrected chi connectivity index (χ3v) is 2.70. The average Bonchev–Trinajstić information content (AvgIpc) is 2.35. The van der Waals surface area contributed by atoms with Gasteiger partial charge in [0.2, 0.25) is 0 Å². The van der Waals surface area contributed by atoms with E-state index >= 15 is 0 Å². The quantitative estimate of drug-likeness (QED) is 0.735. The van der Waals surface area contributed by atoms with Crippen LogP contribution in [0.5, 0.6) is 5.75 Å². The molecule has 64 valence electrons.